The zero-order valence-corrected chi connectivity index (χ0v) is 41.6. The van der Waals surface area contributed by atoms with Crippen molar-refractivity contribution in [2.45, 2.75) is 309 Å². The maximum atomic E-state index is 12.4. The Morgan fingerprint density at radius 3 is 1.19 bits per heavy atom. The van der Waals surface area contributed by atoms with Crippen molar-refractivity contribution in [2.24, 2.45) is 0 Å². The first kappa shape index (κ1) is 60.3. The van der Waals surface area contributed by atoms with Crippen LogP contribution in [0.25, 0.3) is 0 Å². The summed E-state index contributed by atoms with van der Waals surface area (Å²) in [6, 6.07) is -0.626. The van der Waals surface area contributed by atoms with Gasteiger partial charge in [-0.3, -0.25) is 9.59 Å². The third-order valence-corrected chi connectivity index (χ3v) is 12.7. The van der Waals surface area contributed by atoms with Crippen LogP contribution < -0.4 is 5.32 Å². The van der Waals surface area contributed by atoms with E-state index in [1.807, 2.05) is 6.08 Å². The maximum absolute atomic E-state index is 12.4. The predicted molar refractivity (Wildman–Crippen MR) is 269 cm³/mol. The van der Waals surface area contributed by atoms with Crippen LogP contribution in [0, 0.1) is 0 Å². The van der Waals surface area contributed by atoms with E-state index in [0.29, 0.717) is 19.4 Å². The van der Waals surface area contributed by atoms with Gasteiger partial charge in [-0.2, -0.15) is 0 Å². The molecular weight excluding hydrogens is 767 g/mol. The van der Waals surface area contributed by atoms with Crippen molar-refractivity contribution in [2.75, 3.05) is 13.2 Å². The molecule has 62 heavy (non-hydrogen) atoms. The number of allylic oxidation sites excluding steroid dienone is 3. The lowest BCUT2D eigenvalue weighted by Crippen LogP contribution is -2.45. The van der Waals surface area contributed by atoms with Crippen molar-refractivity contribution in [3.8, 4) is 0 Å². The Hall–Kier alpha value is -1.66. The monoisotopic (exact) mass is 874 g/mol. The molecule has 0 heterocycles. The first-order valence-electron chi connectivity index (χ1n) is 27.6. The number of ether oxygens (including phenoxy) is 1. The van der Waals surface area contributed by atoms with E-state index in [0.717, 1.165) is 44.9 Å². The number of aliphatic hydroxyl groups is 2. The lowest BCUT2D eigenvalue weighted by molar-refractivity contribution is -0.143. The average Bonchev–Trinajstić information content (AvgIpc) is 3.27. The summed E-state index contributed by atoms with van der Waals surface area (Å²) in [5.41, 5.74) is 0. The highest BCUT2D eigenvalue weighted by Crippen LogP contribution is 2.17. The Morgan fingerprint density at radius 2 is 0.774 bits per heavy atom. The maximum Gasteiger partial charge on any atom is 0.305 e. The smallest absolute Gasteiger partial charge is 0.305 e. The molecule has 0 saturated carbocycles. The molecule has 1 amide bonds. The highest BCUT2D eigenvalue weighted by atomic mass is 16.5. The number of aliphatic hydroxyl groups excluding tert-OH is 2. The summed E-state index contributed by atoms with van der Waals surface area (Å²) in [7, 11) is 0. The molecule has 0 aliphatic carbocycles. The van der Waals surface area contributed by atoms with Crippen molar-refractivity contribution in [1.82, 2.24) is 5.32 Å². The second-order valence-electron chi connectivity index (χ2n) is 18.9. The third kappa shape index (κ3) is 47.8. The van der Waals surface area contributed by atoms with E-state index in [1.54, 1.807) is 6.08 Å². The Bertz CT molecular complexity index is 966. The van der Waals surface area contributed by atoms with Gasteiger partial charge >= 0.3 is 5.97 Å². The van der Waals surface area contributed by atoms with Gasteiger partial charge in [0.25, 0.3) is 0 Å². The fourth-order valence-corrected chi connectivity index (χ4v) is 8.44. The molecule has 0 aromatic heterocycles. The van der Waals surface area contributed by atoms with Crippen LogP contribution >= 0.6 is 0 Å². The van der Waals surface area contributed by atoms with Crippen LogP contribution in [0.5, 0.6) is 0 Å². The number of rotatable bonds is 51. The molecule has 2 unspecified atom stereocenters. The number of esters is 1. The number of carbonyl (C=O) groups excluding carboxylic acids is 2. The first-order chi connectivity index (χ1) is 30.5. The van der Waals surface area contributed by atoms with Crippen LogP contribution in [0.2, 0.25) is 0 Å². The molecule has 6 heteroatoms. The molecule has 0 saturated heterocycles. The first-order valence-corrected chi connectivity index (χ1v) is 27.6. The van der Waals surface area contributed by atoms with Gasteiger partial charge < -0.3 is 20.3 Å². The number of amides is 1. The largest absolute Gasteiger partial charge is 0.466 e. The zero-order chi connectivity index (χ0) is 45.1. The SMILES string of the molecule is CCCC/C=C\CCCCCCCC(=O)OCCCCCCCCCCCCCCCCCCCCCCCCC(=O)NC(CO)C(O)/C=C/CCCCCCCCCCCC. The highest BCUT2D eigenvalue weighted by Gasteiger charge is 2.18. The fraction of sp³-hybridized carbons (Fsp3) is 0.893. The van der Waals surface area contributed by atoms with Gasteiger partial charge in [0.05, 0.1) is 25.4 Å². The van der Waals surface area contributed by atoms with Gasteiger partial charge in [-0.05, 0) is 51.4 Å². The molecule has 0 aromatic carbocycles. The lowest BCUT2D eigenvalue weighted by Gasteiger charge is -2.20. The van der Waals surface area contributed by atoms with Gasteiger partial charge in [0.1, 0.15) is 0 Å². The number of carbonyl (C=O) groups is 2. The van der Waals surface area contributed by atoms with Crippen molar-refractivity contribution in [1.29, 1.82) is 0 Å². The number of hydrogen-bond donors (Lipinski definition) is 3. The number of nitrogens with one attached hydrogen (secondary N) is 1. The summed E-state index contributed by atoms with van der Waals surface area (Å²) >= 11 is 0. The topological polar surface area (TPSA) is 95.9 Å². The van der Waals surface area contributed by atoms with Gasteiger partial charge in [-0.1, -0.05) is 256 Å². The third-order valence-electron chi connectivity index (χ3n) is 12.7. The minimum atomic E-state index is -0.843. The highest BCUT2D eigenvalue weighted by molar-refractivity contribution is 5.76. The molecular formula is C56H107NO5. The predicted octanol–water partition coefficient (Wildman–Crippen LogP) is 16.7. The van der Waals surface area contributed by atoms with Gasteiger partial charge in [0.15, 0.2) is 0 Å². The molecule has 0 aromatic rings. The summed E-state index contributed by atoms with van der Waals surface area (Å²) in [5, 5.41) is 23.0. The van der Waals surface area contributed by atoms with E-state index < -0.39 is 12.1 Å². The van der Waals surface area contributed by atoms with Gasteiger partial charge in [0.2, 0.25) is 5.91 Å². The van der Waals surface area contributed by atoms with E-state index in [4.69, 9.17) is 4.74 Å². The molecule has 2 atom stereocenters. The molecule has 0 rings (SSSR count). The number of hydrogen-bond acceptors (Lipinski definition) is 5. The normalized spacial score (nSPS) is 12.8. The molecule has 6 nitrogen and oxygen atoms in total. The molecule has 0 fully saturated rings. The molecule has 0 aliphatic rings. The van der Waals surface area contributed by atoms with Gasteiger partial charge in [0, 0.05) is 12.8 Å². The van der Waals surface area contributed by atoms with Gasteiger partial charge in [-0.25, -0.2) is 0 Å². The van der Waals surface area contributed by atoms with E-state index in [9.17, 15) is 19.8 Å². The van der Waals surface area contributed by atoms with Crippen LogP contribution in [-0.4, -0.2) is 47.4 Å². The zero-order valence-electron chi connectivity index (χ0n) is 41.6. The standard InChI is InChI=1S/C56H107NO5/c1-3-5-7-9-11-13-15-29-32-36-40-44-48-54(59)53(52-58)57-55(60)49-45-41-37-33-30-26-24-22-20-18-16-17-19-21-23-25-27-31-35-39-43-47-51-62-56(61)50-46-42-38-34-28-14-12-10-8-6-4-2/h10,12,44,48,53-54,58-59H,3-9,11,13-43,45-47,49-52H2,1-2H3,(H,57,60)/b12-10-,48-44+. The summed E-state index contributed by atoms with van der Waals surface area (Å²) in [6.45, 7) is 4.86. The molecule has 3 N–H and O–H groups in total. The van der Waals surface area contributed by atoms with E-state index >= 15 is 0 Å². The summed E-state index contributed by atoms with van der Waals surface area (Å²) in [4.78, 5) is 24.4. The Morgan fingerprint density at radius 1 is 0.435 bits per heavy atom. The van der Waals surface area contributed by atoms with Crippen LogP contribution in [0.15, 0.2) is 24.3 Å². The number of unbranched alkanes of at least 4 members (excludes halogenated alkanes) is 38. The Labute approximate surface area is 386 Å². The van der Waals surface area contributed by atoms with Crippen LogP contribution in [0.4, 0.5) is 0 Å². The molecule has 0 bridgehead atoms. The Kier molecular flexibility index (Phi) is 50.6. The van der Waals surface area contributed by atoms with Crippen LogP contribution in [0.1, 0.15) is 296 Å². The van der Waals surface area contributed by atoms with Crippen molar-refractivity contribution < 1.29 is 24.5 Å². The average molecular weight is 874 g/mol. The quantitative estimate of drug-likeness (QED) is 0.0321. The van der Waals surface area contributed by atoms with E-state index in [1.165, 1.54) is 225 Å². The van der Waals surface area contributed by atoms with Gasteiger partial charge in [-0.15, -0.1) is 0 Å². The molecule has 0 aliphatic heterocycles. The van der Waals surface area contributed by atoms with E-state index in [2.05, 4.69) is 31.3 Å². The molecule has 0 radical (unpaired) electrons. The van der Waals surface area contributed by atoms with Crippen molar-refractivity contribution >= 4 is 11.9 Å². The lowest BCUT2D eigenvalue weighted by atomic mass is 10.0. The minimum absolute atomic E-state index is 0.00133. The molecule has 0 spiro atoms. The van der Waals surface area contributed by atoms with E-state index in [-0.39, 0.29) is 18.5 Å². The van der Waals surface area contributed by atoms with Crippen LogP contribution in [-0.2, 0) is 14.3 Å². The Balaban J connectivity index is 3.39. The van der Waals surface area contributed by atoms with Crippen molar-refractivity contribution in [3.05, 3.63) is 24.3 Å². The summed E-state index contributed by atoms with van der Waals surface area (Å²) in [6.07, 6.45) is 62.0. The summed E-state index contributed by atoms with van der Waals surface area (Å²) in [5.74, 6) is -0.0673. The second-order valence-corrected chi connectivity index (χ2v) is 18.9. The van der Waals surface area contributed by atoms with Crippen LogP contribution in [0.3, 0.4) is 0 Å². The minimum Gasteiger partial charge on any atom is -0.466 e. The molecule has 366 valence electrons. The van der Waals surface area contributed by atoms with Crippen molar-refractivity contribution in [3.63, 3.8) is 0 Å². The fourth-order valence-electron chi connectivity index (χ4n) is 8.44. The second kappa shape index (κ2) is 52.0. The summed E-state index contributed by atoms with van der Waals surface area (Å²) < 4.78 is 5.45.